The van der Waals surface area contributed by atoms with Crippen LogP contribution in [0.5, 0.6) is 0 Å². The van der Waals surface area contributed by atoms with Gasteiger partial charge in [0.2, 0.25) is 5.91 Å². The van der Waals surface area contributed by atoms with Gasteiger partial charge in [0.05, 0.1) is 12.7 Å². The molecule has 1 aliphatic carbocycles. The molecule has 0 aromatic heterocycles. The van der Waals surface area contributed by atoms with E-state index in [1.807, 2.05) is 12.1 Å². The molecule has 1 aromatic carbocycles. The molecule has 3 N–H and O–H groups in total. The minimum atomic E-state index is 0. The lowest BCUT2D eigenvalue weighted by molar-refractivity contribution is -0.122. The number of carbonyl (C=O) groups excluding carboxylic acids is 1. The van der Waals surface area contributed by atoms with Crippen molar-refractivity contribution in [3.05, 3.63) is 35.4 Å². The van der Waals surface area contributed by atoms with Crippen LogP contribution in [0.25, 0.3) is 0 Å². The Labute approximate surface area is 162 Å². The molecule has 0 bridgehead atoms. The van der Waals surface area contributed by atoms with Crippen LogP contribution < -0.4 is 11.1 Å². The third-order valence-electron chi connectivity index (χ3n) is 5.30. The number of hydrogen-bond acceptors (Lipinski definition) is 4. The summed E-state index contributed by atoms with van der Waals surface area (Å²) in [5.41, 5.74) is 8.31. The van der Waals surface area contributed by atoms with E-state index in [4.69, 9.17) is 15.2 Å². The molecule has 0 unspecified atom stereocenters. The Morgan fingerprint density at radius 2 is 1.96 bits per heavy atom. The van der Waals surface area contributed by atoms with Crippen LogP contribution in [0.1, 0.15) is 49.7 Å². The van der Waals surface area contributed by atoms with Crippen LogP contribution in [0, 0.1) is 5.92 Å². The molecule has 26 heavy (non-hydrogen) atoms. The maximum atomic E-state index is 12.1. The van der Waals surface area contributed by atoms with Crippen molar-refractivity contribution < 1.29 is 14.3 Å². The van der Waals surface area contributed by atoms with Crippen LogP contribution in [-0.4, -0.2) is 31.3 Å². The Morgan fingerprint density at radius 1 is 1.19 bits per heavy atom. The topological polar surface area (TPSA) is 73.6 Å². The second kappa shape index (κ2) is 10.9. The van der Waals surface area contributed by atoms with Crippen molar-refractivity contribution in [3.63, 3.8) is 0 Å². The number of nitrogens with one attached hydrogen (secondary N) is 1. The number of amides is 1. The Kier molecular flexibility index (Phi) is 8.85. The molecule has 146 valence electrons. The molecule has 2 aliphatic rings. The van der Waals surface area contributed by atoms with Crippen molar-refractivity contribution in [2.75, 3.05) is 13.2 Å². The smallest absolute Gasteiger partial charge is 0.220 e. The number of rotatable bonds is 7. The standard InChI is InChI=1S/C20H30N2O3.ClH/c21-19-6-2-5-17(19)12-20(23)22-13-15-3-1-4-16(11-15)14-25-18-7-9-24-10-8-18;/h1,3-4,11,17-19H,2,5-10,12-14,21H2,(H,22,23);1H/t17-,19+;/m0./s1. The largest absolute Gasteiger partial charge is 0.381 e. The molecule has 2 fully saturated rings. The first-order chi connectivity index (χ1) is 12.2. The molecule has 1 heterocycles. The zero-order valence-corrected chi connectivity index (χ0v) is 16.1. The normalized spacial score (nSPS) is 23.4. The second-order valence-electron chi connectivity index (χ2n) is 7.28. The molecule has 1 aliphatic heterocycles. The minimum absolute atomic E-state index is 0. The molecule has 0 spiro atoms. The summed E-state index contributed by atoms with van der Waals surface area (Å²) < 4.78 is 11.3. The van der Waals surface area contributed by atoms with E-state index in [1.54, 1.807) is 0 Å². The van der Waals surface area contributed by atoms with Gasteiger partial charge in [0.15, 0.2) is 0 Å². The molecule has 2 atom stereocenters. The maximum absolute atomic E-state index is 12.1. The highest BCUT2D eigenvalue weighted by Crippen LogP contribution is 2.26. The first-order valence-electron chi connectivity index (χ1n) is 9.50. The number of carbonyl (C=O) groups is 1. The highest BCUT2D eigenvalue weighted by Gasteiger charge is 2.25. The van der Waals surface area contributed by atoms with Gasteiger partial charge in [-0.25, -0.2) is 0 Å². The molecule has 3 rings (SSSR count). The number of benzene rings is 1. The molecule has 1 amide bonds. The molecule has 6 heteroatoms. The average molecular weight is 383 g/mol. The van der Waals surface area contributed by atoms with Crippen LogP contribution >= 0.6 is 12.4 Å². The van der Waals surface area contributed by atoms with Crippen molar-refractivity contribution in [2.45, 2.75) is 63.8 Å². The van der Waals surface area contributed by atoms with E-state index in [0.29, 0.717) is 31.6 Å². The van der Waals surface area contributed by atoms with Crippen LogP contribution in [-0.2, 0) is 27.4 Å². The van der Waals surface area contributed by atoms with E-state index in [0.717, 1.165) is 56.4 Å². The number of halogens is 1. The summed E-state index contributed by atoms with van der Waals surface area (Å²) in [7, 11) is 0. The van der Waals surface area contributed by atoms with Gasteiger partial charge in [-0.15, -0.1) is 12.4 Å². The molecular weight excluding hydrogens is 352 g/mol. The Bertz CT molecular complexity index is 564. The van der Waals surface area contributed by atoms with Gasteiger partial charge < -0.3 is 20.5 Å². The van der Waals surface area contributed by atoms with E-state index in [9.17, 15) is 4.79 Å². The van der Waals surface area contributed by atoms with Gasteiger partial charge in [-0.2, -0.15) is 0 Å². The zero-order valence-electron chi connectivity index (χ0n) is 15.3. The fraction of sp³-hybridized carbons (Fsp3) is 0.650. The third-order valence-corrected chi connectivity index (χ3v) is 5.30. The molecule has 1 saturated carbocycles. The van der Waals surface area contributed by atoms with E-state index in [2.05, 4.69) is 17.4 Å². The number of nitrogens with two attached hydrogens (primary N) is 1. The summed E-state index contributed by atoms with van der Waals surface area (Å²) >= 11 is 0. The van der Waals surface area contributed by atoms with Gasteiger partial charge in [-0.05, 0) is 42.7 Å². The van der Waals surface area contributed by atoms with E-state index in [-0.39, 0.29) is 24.4 Å². The van der Waals surface area contributed by atoms with Crippen LogP contribution in [0.15, 0.2) is 24.3 Å². The van der Waals surface area contributed by atoms with E-state index >= 15 is 0 Å². The van der Waals surface area contributed by atoms with Crippen molar-refractivity contribution in [2.24, 2.45) is 11.7 Å². The quantitative estimate of drug-likeness (QED) is 0.760. The monoisotopic (exact) mass is 382 g/mol. The molecule has 1 aromatic rings. The Hall–Kier alpha value is -1.14. The predicted molar refractivity (Wildman–Crippen MR) is 104 cm³/mol. The first kappa shape index (κ1) is 21.2. The van der Waals surface area contributed by atoms with Gasteiger partial charge in [-0.3, -0.25) is 4.79 Å². The van der Waals surface area contributed by atoms with E-state index < -0.39 is 0 Å². The maximum Gasteiger partial charge on any atom is 0.220 e. The average Bonchev–Trinajstić information content (AvgIpc) is 3.04. The molecular formula is C20H31ClN2O3. The molecule has 5 nitrogen and oxygen atoms in total. The highest BCUT2D eigenvalue weighted by atomic mass is 35.5. The van der Waals surface area contributed by atoms with Gasteiger partial charge in [0.1, 0.15) is 0 Å². The van der Waals surface area contributed by atoms with Crippen molar-refractivity contribution in [1.29, 1.82) is 0 Å². The van der Waals surface area contributed by atoms with Crippen molar-refractivity contribution >= 4 is 18.3 Å². The Balaban J connectivity index is 0.00000243. The minimum Gasteiger partial charge on any atom is -0.381 e. The predicted octanol–water partition coefficient (Wildman–Crippen LogP) is 2.94. The fourth-order valence-corrected chi connectivity index (χ4v) is 3.72. The first-order valence-corrected chi connectivity index (χ1v) is 9.50. The summed E-state index contributed by atoms with van der Waals surface area (Å²) in [5, 5.41) is 3.03. The third kappa shape index (κ3) is 6.54. The van der Waals surface area contributed by atoms with E-state index in [1.165, 1.54) is 0 Å². The number of hydrogen-bond donors (Lipinski definition) is 2. The summed E-state index contributed by atoms with van der Waals surface area (Å²) in [6.07, 6.45) is 6.06. The van der Waals surface area contributed by atoms with Crippen molar-refractivity contribution in [1.82, 2.24) is 5.32 Å². The molecule has 0 radical (unpaired) electrons. The number of ether oxygens (including phenoxy) is 2. The van der Waals surface area contributed by atoms with Crippen molar-refractivity contribution in [3.8, 4) is 0 Å². The van der Waals surface area contributed by atoms with Gasteiger partial charge in [0.25, 0.3) is 0 Å². The lowest BCUT2D eigenvalue weighted by atomic mass is 10.00. The van der Waals surface area contributed by atoms with Gasteiger partial charge in [0, 0.05) is 32.2 Å². The van der Waals surface area contributed by atoms with Gasteiger partial charge in [-0.1, -0.05) is 30.7 Å². The zero-order chi connectivity index (χ0) is 17.5. The SMILES string of the molecule is Cl.N[C@@H]1CCC[C@H]1CC(=O)NCc1cccc(COC2CCOCC2)c1. The van der Waals surface area contributed by atoms with Crippen LogP contribution in [0.4, 0.5) is 0 Å². The Morgan fingerprint density at radius 3 is 2.69 bits per heavy atom. The summed E-state index contributed by atoms with van der Waals surface area (Å²) in [6.45, 7) is 2.76. The van der Waals surface area contributed by atoms with Gasteiger partial charge >= 0.3 is 0 Å². The summed E-state index contributed by atoms with van der Waals surface area (Å²) in [4.78, 5) is 12.1. The lowest BCUT2D eigenvalue weighted by Crippen LogP contribution is -2.31. The summed E-state index contributed by atoms with van der Waals surface area (Å²) in [5.74, 6) is 0.449. The fourth-order valence-electron chi connectivity index (χ4n) is 3.72. The molecule has 1 saturated heterocycles. The summed E-state index contributed by atoms with van der Waals surface area (Å²) in [6, 6.07) is 8.44. The highest BCUT2D eigenvalue weighted by molar-refractivity contribution is 5.85. The lowest BCUT2D eigenvalue weighted by Gasteiger charge is -2.22. The second-order valence-corrected chi connectivity index (χ2v) is 7.28. The van der Waals surface area contributed by atoms with Crippen LogP contribution in [0.2, 0.25) is 0 Å². The van der Waals surface area contributed by atoms with Crippen LogP contribution in [0.3, 0.4) is 0 Å².